The molecule has 0 spiro atoms. The Kier molecular flexibility index (Phi) is 8.74. The molecule has 0 bridgehead atoms. The van der Waals surface area contributed by atoms with E-state index in [0.717, 1.165) is 27.3 Å². The van der Waals surface area contributed by atoms with Crippen molar-refractivity contribution in [2.45, 2.75) is 25.6 Å². The Balaban J connectivity index is 0.000000157. The van der Waals surface area contributed by atoms with E-state index < -0.39 is 4.92 Å². The van der Waals surface area contributed by atoms with Gasteiger partial charge >= 0.3 is 0 Å². The molecule has 1 aromatic heterocycles. The van der Waals surface area contributed by atoms with Gasteiger partial charge in [0.05, 0.1) is 16.5 Å². The van der Waals surface area contributed by atoms with Gasteiger partial charge < -0.3 is 16.0 Å². The first-order chi connectivity index (χ1) is 23.8. The number of nitro benzene ring substituents is 1. The van der Waals surface area contributed by atoms with Gasteiger partial charge in [-0.05, 0) is 75.9 Å². The molecule has 2 atom stereocenters. The molecule has 0 aliphatic carbocycles. The van der Waals surface area contributed by atoms with Gasteiger partial charge in [0.2, 0.25) is 0 Å². The first-order valence-electron chi connectivity index (χ1n) is 15.9. The van der Waals surface area contributed by atoms with Crippen molar-refractivity contribution in [3.63, 3.8) is 0 Å². The molecule has 8 rings (SSSR count). The monoisotopic (exact) mass is 664 g/mol. The fourth-order valence-corrected chi connectivity index (χ4v) is 7.12. The summed E-state index contributed by atoms with van der Waals surface area (Å²) in [7, 11) is 0. The fourth-order valence-electron chi connectivity index (χ4n) is 6.20. The molecule has 9 heteroatoms. The number of aryl methyl sites for hydroxylation is 1. The van der Waals surface area contributed by atoms with Crippen molar-refractivity contribution in [3.05, 3.63) is 176 Å². The summed E-state index contributed by atoms with van der Waals surface area (Å²) in [6.45, 7) is 2.08. The van der Waals surface area contributed by atoms with E-state index >= 15 is 0 Å². The molecule has 0 saturated carbocycles. The predicted octanol–water partition coefficient (Wildman–Crippen LogP) is 8.87. The molecule has 242 valence electrons. The maximum atomic E-state index is 12.4. The summed E-state index contributed by atoms with van der Waals surface area (Å²) in [5.74, 6) is -0.304. The van der Waals surface area contributed by atoms with E-state index in [2.05, 4.69) is 70.7 Å². The molecule has 3 heterocycles. The number of benzene rings is 5. The minimum absolute atomic E-state index is 0.0333. The van der Waals surface area contributed by atoms with Crippen molar-refractivity contribution in [3.8, 4) is 22.3 Å². The van der Waals surface area contributed by atoms with E-state index in [4.69, 9.17) is 0 Å². The first-order valence-corrected chi connectivity index (χ1v) is 16.8. The molecule has 8 nitrogen and oxygen atoms in total. The van der Waals surface area contributed by atoms with Crippen LogP contribution in [-0.2, 0) is 6.42 Å². The summed E-state index contributed by atoms with van der Waals surface area (Å²) in [5, 5.41) is 22.4. The second kappa shape index (κ2) is 13.6. The van der Waals surface area contributed by atoms with Crippen LogP contribution in [0, 0.1) is 17.0 Å². The van der Waals surface area contributed by atoms with Gasteiger partial charge in [-0.1, -0.05) is 97.1 Å². The number of hydrogen-bond acceptors (Lipinski definition) is 6. The highest BCUT2D eigenvalue weighted by Gasteiger charge is 2.27. The molecular weight excluding hydrogens is 633 g/mol. The number of fused-ring (bicyclic) bond motifs is 2. The first kappa shape index (κ1) is 31.5. The van der Waals surface area contributed by atoms with E-state index in [1.807, 2.05) is 66.7 Å². The highest BCUT2D eigenvalue weighted by Crippen LogP contribution is 2.33. The Bertz CT molecular complexity index is 2180. The standard InChI is InChI=1S/C22H18N2O3.C18H14N2OS/c1-14-4-2-3-5-19(14)15-6-8-16(9-7-15)21-12-17-10-11-18(24(26)27)13-20(17)22(25)23-21;21-18-14-8-4-5-9-15(14)19-17(20-18)16-10-13(11-22-16)12-6-2-1-3-7-12/h2-11,13,21H,12H2,1H3,(H,23,25);1-11,17,19H,(H,20,21). The van der Waals surface area contributed by atoms with Gasteiger partial charge in [-0.2, -0.15) is 0 Å². The van der Waals surface area contributed by atoms with Crippen LogP contribution in [0.25, 0.3) is 22.3 Å². The lowest BCUT2D eigenvalue weighted by Gasteiger charge is -2.26. The summed E-state index contributed by atoms with van der Waals surface area (Å²) in [6, 6.07) is 40.7. The lowest BCUT2D eigenvalue weighted by Crippen LogP contribution is -2.37. The maximum absolute atomic E-state index is 12.4. The Hall–Kier alpha value is -6.06. The number of para-hydroxylation sites is 1. The Labute approximate surface area is 287 Å². The largest absolute Gasteiger partial charge is 0.360 e. The molecule has 2 amide bonds. The summed E-state index contributed by atoms with van der Waals surface area (Å²) in [4.78, 5) is 36.2. The molecule has 2 aliphatic heterocycles. The van der Waals surface area contributed by atoms with Crippen LogP contribution < -0.4 is 16.0 Å². The van der Waals surface area contributed by atoms with Gasteiger partial charge in [0.15, 0.2) is 0 Å². The van der Waals surface area contributed by atoms with Crippen LogP contribution >= 0.6 is 11.3 Å². The van der Waals surface area contributed by atoms with Crippen LogP contribution in [0.4, 0.5) is 11.4 Å². The lowest BCUT2D eigenvalue weighted by molar-refractivity contribution is -0.384. The Morgan fingerprint density at radius 3 is 2.12 bits per heavy atom. The second-order valence-corrected chi connectivity index (χ2v) is 12.9. The summed E-state index contributed by atoms with van der Waals surface area (Å²) in [5.41, 5.74) is 9.65. The van der Waals surface area contributed by atoms with Crippen LogP contribution in [0.3, 0.4) is 0 Å². The van der Waals surface area contributed by atoms with Crippen LogP contribution in [0.2, 0.25) is 0 Å². The number of non-ortho nitro benzene ring substituents is 1. The zero-order valence-corrected chi connectivity index (χ0v) is 27.4. The summed E-state index contributed by atoms with van der Waals surface area (Å²) in [6.07, 6.45) is 0.438. The smallest absolute Gasteiger partial charge is 0.270 e. The van der Waals surface area contributed by atoms with Crippen molar-refractivity contribution in [2.24, 2.45) is 0 Å². The molecule has 5 aromatic carbocycles. The zero-order valence-electron chi connectivity index (χ0n) is 26.6. The summed E-state index contributed by atoms with van der Waals surface area (Å²) < 4.78 is 0. The number of carbonyl (C=O) groups is 2. The number of amides is 2. The number of rotatable bonds is 5. The summed E-state index contributed by atoms with van der Waals surface area (Å²) >= 11 is 1.65. The van der Waals surface area contributed by atoms with E-state index in [-0.39, 0.29) is 29.7 Å². The third kappa shape index (κ3) is 6.70. The highest BCUT2D eigenvalue weighted by atomic mass is 32.1. The van der Waals surface area contributed by atoms with Crippen LogP contribution in [-0.4, -0.2) is 16.7 Å². The molecule has 6 aromatic rings. The third-order valence-electron chi connectivity index (χ3n) is 8.81. The number of hydrogen-bond donors (Lipinski definition) is 3. The molecule has 0 fully saturated rings. The van der Waals surface area contributed by atoms with E-state index in [1.54, 1.807) is 17.4 Å². The number of thiophene rings is 1. The molecular formula is C40H32N4O4S. The third-order valence-corrected chi connectivity index (χ3v) is 9.80. The number of anilines is 1. The quantitative estimate of drug-likeness (QED) is 0.126. The minimum Gasteiger partial charge on any atom is -0.360 e. The predicted molar refractivity (Wildman–Crippen MR) is 194 cm³/mol. The molecule has 2 aliphatic rings. The van der Waals surface area contributed by atoms with Crippen molar-refractivity contribution < 1.29 is 14.5 Å². The van der Waals surface area contributed by atoms with Crippen molar-refractivity contribution in [1.82, 2.24) is 10.6 Å². The molecule has 0 radical (unpaired) electrons. The van der Waals surface area contributed by atoms with Gasteiger partial charge in [0, 0.05) is 28.3 Å². The van der Waals surface area contributed by atoms with Crippen molar-refractivity contribution >= 4 is 34.5 Å². The SMILES string of the molecule is Cc1ccccc1-c1ccc(C2Cc3ccc([N+](=O)[O-])cc3C(=O)N2)cc1.O=C1NC(c2cc(-c3ccccc3)cs2)Nc2ccccc21. The average molecular weight is 665 g/mol. The molecule has 3 N–H and O–H groups in total. The number of nitro groups is 1. The second-order valence-electron chi connectivity index (χ2n) is 12.0. The lowest BCUT2D eigenvalue weighted by atomic mass is 9.90. The van der Waals surface area contributed by atoms with E-state index in [0.29, 0.717) is 17.5 Å². The fraction of sp³-hybridized carbons (Fsp3) is 0.100. The minimum atomic E-state index is -0.482. The van der Waals surface area contributed by atoms with Gasteiger partial charge in [-0.15, -0.1) is 11.3 Å². The van der Waals surface area contributed by atoms with Gasteiger partial charge in [-0.25, -0.2) is 0 Å². The molecule has 49 heavy (non-hydrogen) atoms. The van der Waals surface area contributed by atoms with Crippen molar-refractivity contribution in [2.75, 3.05) is 5.32 Å². The Morgan fingerprint density at radius 1 is 0.673 bits per heavy atom. The van der Waals surface area contributed by atoms with E-state index in [9.17, 15) is 19.7 Å². The average Bonchev–Trinajstić information content (AvgIpc) is 3.63. The van der Waals surface area contributed by atoms with Crippen LogP contribution in [0.15, 0.2) is 133 Å². The number of nitrogens with one attached hydrogen (secondary N) is 3. The molecule has 2 unspecified atom stereocenters. The number of carbonyl (C=O) groups excluding carboxylic acids is 2. The normalized spacial score (nSPS) is 16.1. The zero-order chi connectivity index (χ0) is 33.9. The molecule has 0 saturated heterocycles. The number of nitrogens with zero attached hydrogens (tertiary/aromatic N) is 1. The van der Waals surface area contributed by atoms with Crippen molar-refractivity contribution in [1.29, 1.82) is 0 Å². The maximum Gasteiger partial charge on any atom is 0.270 e. The van der Waals surface area contributed by atoms with Gasteiger partial charge in [0.1, 0.15) is 6.17 Å². The Morgan fingerprint density at radius 2 is 1.37 bits per heavy atom. The highest BCUT2D eigenvalue weighted by molar-refractivity contribution is 7.10. The van der Waals surface area contributed by atoms with Crippen LogP contribution in [0.1, 0.15) is 54.5 Å². The van der Waals surface area contributed by atoms with E-state index in [1.165, 1.54) is 34.4 Å². The van der Waals surface area contributed by atoms with Gasteiger partial charge in [-0.3, -0.25) is 19.7 Å². The van der Waals surface area contributed by atoms with Crippen LogP contribution in [0.5, 0.6) is 0 Å². The van der Waals surface area contributed by atoms with Gasteiger partial charge in [0.25, 0.3) is 17.5 Å². The topological polar surface area (TPSA) is 113 Å².